The van der Waals surface area contributed by atoms with Crippen molar-refractivity contribution in [3.8, 4) is 0 Å². The molecule has 0 aromatic rings. The Bertz CT molecular complexity index is 86.4. The maximum absolute atomic E-state index is 5.59. The van der Waals surface area contributed by atoms with Gasteiger partial charge in [-0.05, 0) is 13.8 Å². The molecule has 0 aromatic heterocycles. The zero-order chi connectivity index (χ0) is 8.74. The monoisotopic (exact) mass is 232 g/mol. The van der Waals surface area contributed by atoms with Gasteiger partial charge in [-0.1, -0.05) is 0 Å². The van der Waals surface area contributed by atoms with Gasteiger partial charge in [0, 0.05) is 23.3 Å². The molecule has 0 spiro atoms. The van der Waals surface area contributed by atoms with Crippen LogP contribution in [0.15, 0.2) is 0 Å². The van der Waals surface area contributed by atoms with Crippen molar-refractivity contribution in [3.05, 3.63) is 0 Å². The maximum Gasteiger partial charge on any atom is 0.0555 e. The molecule has 0 aliphatic rings. The van der Waals surface area contributed by atoms with Gasteiger partial charge in [-0.25, -0.2) is 0 Å². The first kappa shape index (κ1) is 12.3. The van der Waals surface area contributed by atoms with Crippen molar-refractivity contribution in [2.75, 3.05) is 23.3 Å². The Morgan fingerprint density at radius 3 is 1.64 bits per heavy atom. The summed E-state index contributed by atoms with van der Waals surface area (Å²) in [6.07, 6.45) is 0. The molecule has 0 unspecified atom stereocenters. The van der Waals surface area contributed by atoms with E-state index in [1.54, 1.807) is 0 Å². The largest absolute Gasteiger partial charge is 0.144 e. The topological polar surface area (TPSA) is 0 Å². The minimum Gasteiger partial charge on any atom is -0.144 e. The highest BCUT2D eigenvalue weighted by Gasteiger charge is 2.17. The van der Waals surface area contributed by atoms with Crippen LogP contribution >= 0.6 is 46.7 Å². The van der Waals surface area contributed by atoms with Crippen LogP contribution in [0.3, 0.4) is 0 Å². The summed E-state index contributed by atoms with van der Waals surface area (Å²) in [4.78, 5) is 0. The van der Waals surface area contributed by atoms with Crippen LogP contribution in [0.1, 0.15) is 13.8 Å². The summed E-state index contributed by atoms with van der Waals surface area (Å²) in [5.74, 6) is 3.50. The van der Waals surface area contributed by atoms with Crippen LogP contribution in [0.5, 0.6) is 0 Å². The van der Waals surface area contributed by atoms with Gasteiger partial charge in [0.15, 0.2) is 0 Å². The molecule has 0 rings (SSSR count). The van der Waals surface area contributed by atoms with E-state index in [0.29, 0.717) is 0 Å². The highest BCUT2D eigenvalue weighted by molar-refractivity contribution is 8.18. The van der Waals surface area contributed by atoms with E-state index >= 15 is 0 Å². The number of halogens is 2. The first-order valence-corrected chi connectivity index (χ1v) is 6.56. The van der Waals surface area contributed by atoms with Gasteiger partial charge < -0.3 is 0 Å². The normalized spacial score (nSPS) is 12.0. The molecule has 0 fully saturated rings. The number of hydrogen-bond donors (Lipinski definition) is 0. The number of rotatable bonds is 6. The molecule has 0 amide bonds. The van der Waals surface area contributed by atoms with E-state index in [4.69, 9.17) is 23.2 Å². The second kappa shape index (κ2) is 6.76. The highest BCUT2D eigenvalue weighted by Crippen LogP contribution is 2.36. The van der Waals surface area contributed by atoms with Crippen molar-refractivity contribution in [2.45, 2.75) is 17.9 Å². The fourth-order valence-electron chi connectivity index (χ4n) is 0.610. The summed E-state index contributed by atoms with van der Waals surface area (Å²) in [5, 5.41) is 0. The number of alkyl halides is 2. The van der Waals surface area contributed by atoms with E-state index < -0.39 is 0 Å². The molecule has 0 nitrogen and oxygen atoms in total. The van der Waals surface area contributed by atoms with E-state index in [1.165, 1.54) is 0 Å². The van der Waals surface area contributed by atoms with Crippen LogP contribution in [0.2, 0.25) is 0 Å². The Balaban J connectivity index is 3.43. The van der Waals surface area contributed by atoms with Gasteiger partial charge in [-0.15, -0.1) is 46.7 Å². The van der Waals surface area contributed by atoms with Crippen molar-refractivity contribution in [2.24, 2.45) is 0 Å². The Kier molecular flexibility index (Phi) is 7.55. The third-order valence-electron chi connectivity index (χ3n) is 1.05. The lowest BCUT2D eigenvalue weighted by atomic mass is 10.5. The summed E-state index contributed by atoms with van der Waals surface area (Å²) in [6, 6.07) is 0. The lowest BCUT2D eigenvalue weighted by Gasteiger charge is -2.22. The van der Waals surface area contributed by atoms with Crippen molar-refractivity contribution in [1.82, 2.24) is 0 Å². The smallest absolute Gasteiger partial charge is 0.0555 e. The predicted molar refractivity (Wildman–Crippen MR) is 60.4 cm³/mol. The van der Waals surface area contributed by atoms with Crippen LogP contribution in [0, 0.1) is 0 Å². The van der Waals surface area contributed by atoms with Crippen molar-refractivity contribution < 1.29 is 0 Å². The van der Waals surface area contributed by atoms with Gasteiger partial charge >= 0.3 is 0 Å². The Morgan fingerprint density at radius 1 is 1.00 bits per heavy atom. The third-order valence-corrected chi connectivity index (χ3v) is 4.79. The van der Waals surface area contributed by atoms with Crippen LogP contribution in [-0.4, -0.2) is 27.3 Å². The molecule has 0 aliphatic carbocycles. The molecule has 0 bridgehead atoms. The highest BCUT2D eigenvalue weighted by atomic mass is 35.5. The lowest BCUT2D eigenvalue weighted by molar-refractivity contribution is 1.02. The maximum atomic E-state index is 5.59. The molecule has 0 saturated carbocycles. The van der Waals surface area contributed by atoms with E-state index in [-0.39, 0.29) is 4.08 Å². The molecule has 0 aliphatic heterocycles. The molecular formula is C7H14Cl2S2. The number of thioether (sulfide) groups is 2. The van der Waals surface area contributed by atoms with Crippen molar-refractivity contribution in [1.29, 1.82) is 0 Å². The van der Waals surface area contributed by atoms with E-state index in [1.807, 2.05) is 23.5 Å². The van der Waals surface area contributed by atoms with Gasteiger partial charge in [0.1, 0.15) is 0 Å². The zero-order valence-electron chi connectivity index (χ0n) is 6.90. The average molecular weight is 233 g/mol. The minimum absolute atomic E-state index is 0.268. The van der Waals surface area contributed by atoms with Crippen LogP contribution in [0.4, 0.5) is 0 Å². The van der Waals surface area contributed by atoms with Crippen LogP contribution in [0.25, 0.3) is 0 Å². The van der Waals surface area contributed by atoms with Gasteiger partial charge in [0.25, 0.3) is 0 Å². The quantitative estimate of drug-likeness (QED) is 0.507. The summed E-state index contributed by atoms with van der Waals surface area (Å²) >= 11 is 15.0. The molecule has 0 radical (unpaired) electrons. The average Bonchev–Trinajstić information content (AvgIpc) is 1.97. The molecule has 68 valence electrons. The van der Waals surface area contributed by atoms with Crippen molar-refractivity contribution >= 4 is 46.7 Å². The fourth-order valence-corrected chi connectivity index (χ4v) is 3.04. The van der Waals surface area contributed by atoms with Gasteiger partial charge in [-0.2, -0.15) is 0 Å². The molecule has 0 atom stereocenters. The Labute approximate surface area is 87.8 Å². The molecule has 0 aromatic carbocycles. The predicted octanol–water partition coefficient (Wildman–Crippen LogP) is 3.67. The summed E-state index contributed by atoms with van der Waals surface area (Å²) in [5.41, 5.74) is 0. The van der Waals surface area contributed by atoms with Crippen molar-refractivity contribution in [3.63, 3.8) is 0 Å². The first-order chi connectivity index (χ1) is 5.12. The zero-order valence-corrected chi connectivity index (χ0v) is 10.0. The third kappa shape index (κ3) is 7.63. The van der Waals surface area contributed by atoms with Gasteiger partial charge in [0.2, 0.25) is 0 Å². The summed E-state index contributed by atoms with van der Waals surface area (Å²) in [6.45, 7) is 4.42. The Morgan fingerprint density at radius 2 is 1.36 bits per heavy atom. The minimum atomic E-state index is 0.268. The van der Waals surface area contributed by atoms with E-state index in [9.17, 15) is 0 Å². The molecule has 0 N–H and O–H groups in total. The molecule has 0 heterocycles. The molecule has 11 heavy (non-hydrogen) atoms. The summed E-state index contributed by atoms with van der Waals surface area (Å²) < 4.78 is 0.268. The first-order valence-electron chi connectivity index (χ1n) is 3.52. The van der Waals surface area contributed by atoms with Gasteiger partial charge in [0.05, 0.1) is 4.08 Å². The molecule has 0 saturated heterocycles. The van der Waals surface area contributed by atoms with E-state index in [0.717, 1.165) is 23.3 Å². The Hall–Kier alpha value is 1.28. The standard InChI is InChI=1S/C7H14Cl2S2/c1-7(2,10-5-3-8)11-6-4-9/h3-6H2,1-2H3. The molecule has 4 heteroatoms. The van der Waals surface area contributed by atoms with E-state index in [2.05, 4.69) is 13.8 Å². The lowest BCUT2D eigenvalue weighted by Crippen LogP contribution is -2.11. The van der Waals surface area contributed by atoms with Crippen LogP contribution in [-0.2, 0) is 0 Å². The van der Waals surface area contributed by atoms with Crippen LogP contribution < -0.4 is 0 Å². The second-order valence-electron chi connectivity index (χ2n) is 2.47. The fraction of sp³-hybridized carbons (Fsp3) is 1.00. The molecular weight excluding hydrogens is 219 g/mol. The SMILES string of the molecule is CC(C)(SCCCl)SCCCl. The summed E-state index contributed by atoms with van der Waals surface area (Å²) in [7, 11) is 0. The van der Waals surface area contributed by atoms with Gasteiger partial charge in [-0.3, -0.25) is 0 Å². The second-order valence-corrected chi connectivity index (χ2v) is 6.92. The number of hydrogen-bond acceptors (Lipinski definition) is 2.